The molecule has 0 spiro atoms. The highest BCUT2D eigenvalue weighted by atomic mass is 16.5. The van der Waals surface area contributed by atoms with Gasteiger partial charge in [-0.3, -0.25) is 4.79 Å². The number of benzene rings is 1. The summed E-state index contributed by atoms with van der Waals surface area (Å²) in [6, 6.07) is 4.72. The second kappa shape index (κ2) is 5.90. The Labute approximate surface area is 105 Å². The zero-order chi connectivity index (χ0) is 13.7. The zero-order valence-corrected chi connectivity index (χ0v) is 10.3. The number of hydrogen-bond donors (Lipinski definition) is 2. The van der Waals surface area contributed by atoms with Crippen LogP contribution in [0.2, 0.25) is 0 Å². The maximum atomic E-state index is 11.8. The molecule has 1 unspecified atom stereocenters. The van der Waals surface area contributed by atoms with Crippen LogP contribution in [0.4, 0.5) is 5.69 Å². The van der Waals surface area contributed by atoms with Gasteiger partial charge >= 0.3 is 5.97 Å². The van der Waals surface area contributed by atoms with E-state index in [-0.39, 0.29) is 11.3 Å². The minimum atomic E-state index is -0.955. The molecule has 18 heavy (non-hydrogen) atoms. The van der Waals surface area contributed by atoms with Crippen LogP contribution < -0.4 is 16.2 Å². The predicted molar refractivity (Wildman–Crippen MR) is 66.1 cm³/mol. The summed E-state index contributed by atoms with van der Waals surface area (Å²) in [5.74, 6) is -1.01. The average Bonchev–Trinajstić information content (AvgIpc) is 2.35. The number of nitrogens with two attached hydrogens (primary N) is 2. The topological polar surface area (TPSA) is 105 Å². The molecule has 1 aromatic rings. The molecule has 1 aromatic carbocycles. The van der Waals surface area contributed by atoms with E-state index in [1.807, 2.05) is 0 Å². The van der Waals surface area contributed by atoms with E-state index in [1.54, 1.807) is 19.1 Å². The molecular weight excluding hydrogens is 236 g/mol. The standard InChI is InChI=1S/C12H16N2O4/c1-3-8(11(14)15)18-12(16)7-5-4-6-9(17-2)10(7)13/h4-6,8H,3,13H2,1-2H3,(H2,14,15). The van der Waals surface area contributed by atoms with Gasteiger partial charge in [0.2, 0.25) is 0 Å². The van der Waals surface area contributed by atoms with E-state index in [1.165, 1.54) is 13.2 Å². The molecular formula is C12H16N2O4. The molecule has 0 saturated carbocycles. The lowest BCUT2D eigenvalue weighted by atomic mass is 10.1. The number of carbonyl (C=O) groups is 2. The van der Waals surface area contributed by atoms with Crippen molar-refractivity contribution in [3.63, 3.8) is 0 Å². The summed E-state index contributed by atoms with van der Waals surface area (Å²) in [6.45, 7) is 1.69. The van der Waals surface area contributed by atoms with Crippen molar-refractivity contribution in [2.45, 2.75) is 19.4 Å². The number of carbonyl (C=O) groups excluding carboxylic acids is 2. The molecule has 0 heterocycles. The molecule has 4 N–H and O–H groups in total. The van der Waals surface area contributed by atoms with Crippen LogP contribution in [-0.4, -0.2) is 25.1 Å². The summed E-state index contributed by atoms with van der Waals surface area (Å²) in [4.78, 5) is 22.8. The first kappa shape index (κ1) is 13.8. The Morgan fingerprint density at radius 3 is 2.56 bits per heavy atom. The van der Waals surface area contributed by atoms with Gasteiger partial charge in [-0.15, -0.1) is 0 Å². The van der Waals surface area contributed by atoms with Crippen LogP contribution >= 0.6 is 0 Å². The molecule has 1 amide bonds. The molecule has 0 aliphatic rings. The second-order valence-corrected chi connectivity index (χ2v) is 3.63. The average molecular weight is 252 g/mol. The molecule has 6 heteroatoms. The van der Waals surface area contributed by atoms with Crippen molar-refractivity contribution in [2.75, 3.05) is 12.8 Å². The highest BCUT2D eigenvalue weighted by Crippen LogP contribution is 2.25. The SMILES string of the molecule is CCC(OC(=O)c1cccc(OC)c1N)C(N)=O. The van der Waals surface area contributed by atoms with Crippen LogP contribution in [0.25, 0.3) is 0 Å². The Morgan fingerprint density at radius 2 is 2.06 bits per heavy atom. The monoisotopic (exact) mass is 252 g/mol. The molecule has 0 fully saturated rings. The third-order valence-corrected chi connectivity index (χ3v) is 2.44. The van der Waals surface area contributed by atoms with Gasteiger partial charge in [-0.1, -0.05) is 13.0 Å². The van der Waals surface area contributed by atoms with E-state index in [0.29, 0.717) is 12.2 Å². The van der Waals surface area contributed by atoms with Gasteiger partial charge in [-0.05, 0) is 18.6 Å². The molecule has 1 rings (SSSR count). The highest BCUT2D eigenvalue weighted by Gasteiger charge is 2.21. The van der Waals surface area contributed by atoms with Crippen molar-refractivity contribution in [3.05, 3.63) is 23.8 Å². The number of para-hydroxylation sites is 1. The van der Waals surface area contributed by atoms with Crippen LogP contribution in [0.3, 0.4) is 0 Å². The van der Waals surface area contributed by atoms with Crippen molar-refractivity contribution in [1.29, 1.82) is 0 Å². The summed E-state index contributed by atoms with van der Waals surface area (Å²) in [5.41, 5.74) is 11.2. The lowest BCUT2D eigenvalue weighted by molar-refractivity contribution is -0.126. The van der Waals surface area contributed by atoms with Crippen molar-refractivity contribution >= 4 is 17.6 Å². The van der Waals surface area contributed by atoms with Gasteiger partial charge in [-0.25, -0.2) is 4.79 Å². The molecule has 98 valence electrons. The van der Waals surface area contributed by atoms with Gasteiger partial charge in [0.15, 0.2) is 6.10 Å². The summed E-state index contributed by atoms with van der Waals surface area (Å²) in [7, 11) is 1.44. The van der Waals surface area contributed by atoms with E-state index in [4.69, 9.17) is 20.9 Å². The Kier molecular flexibility index (Phi) is 4.53. The molecule has 6 nitrogen and oxygen atoms in total. The van der Waals surface area contributed by atoms with Gasteiger partial charge in [0.05, 0.1) is 18.4 Å². The first-order chi connectivity index (χ1) is 8.51. The Bertz CT molecular complexity index is 459. The van der Waals surface area contributed by atoms with Gasteiger partial charge in [0.1, 0.15) is 5.75 Å². The lowest BCUT2D eigenvalue weighted by Crippen LogP contribution is -2.32. The van der Waals surface area contributed by atoms with Gasteiger partial charge in [-0.2, -0.15) is 0 Å². The number of primary amides is 1. The fourth-order valence-corrected chi connectivity index (χ4v) is 1.44. The van der Waals surface area contributed by atoms with E-state index < -0.39 is 18.0 Å². The van der Waals surface area contributed by atoms with Gasteiger partial charge in [0.25, 0.3) is 5.91 Å². The number of anilines is 1. The molecule has 0 aromatic heterocycles. The number of methoxy groups -OCH3 is 1. The van der Waals surface area contributed by atoms with E-state index in [0.717, 1.165) is 0 Å². The van der Waals surface area contributed by atoms with E-state index in [9.17, 15) is 9.59 Å². The Hall–Kier alpha value is -2.24. The molecule has 0 saturated heterocycles. The molecule has 0 aliphatic heterocycles. The maximum absolute atomic E-state index is 11.8. The first-order valence-corrected chi connectivity index (χ1v) is 5.44. The van der Waals surface area contributed by atoms with Crippen LogP contribution in [-0.2, 0) is 9.53 Å². The quantitative estimate of drug-likeness (QED) is 0.592. The Balaban J connectivity index is 2.94. The molecule has 0 radical (unpaired) electrons. The minimum Gasteiger partial charge on any atom is -0.495 e. The molecule has 1 atom stereocenters. The number of amides is 1. The number of nitrogen functional groups attached to an aromatic ring is 1. The van der Waals surface area contributed by atoms with Crippen molar-refractivity contribution in [2.24, 2.45) is 5.73 Å². The molecule has 0 bridgehead atoms. The largest absolute Gasteiger partial charge is 0.495 e. The zero-order valence-electron chi connectivity index (χ0n) is 10.3. The predicted octanol–water partition coefficient (Wildman–Crippen LogP) is 0.698. The highest BCUT2D eigenvalue weighted by molar-refractivity contribution is 5.97. The number of hydrogen-bond acceptors (Lipinski definition) is 5. The third-order valence-electron chi connectivity index (χ3n) is 2.44. The van der Waals surface area contributed by atoms with Crippen LogP contribution in [0.15, 0.2) is 18.2 Å². The summed E-state index contributed by atoms with van der Waals surface area (Å²) >= 11 is 0. The summed E-state index contributed by atoms with van der Waals surface area (Å²) < 4.78 is 9.97. The van der Waals surface area contributed by atoms with Crippen molar-refractivity contribution in [1.82, 2.24) is 0 Å². The van der Waals surface area contributed by atoms with Gasteiger partial charge in [0, 0.05) is 0 Å². The lowest BCUT2D eigenvalue weighted by Gasteiger charge is -2.14. The van der Waals surface area contributed by atoms with Crippen molar-refractivity contribution < 1.29 is 19.1 Å². The van der Waals surface area contributed by atoms with Gasteiger partial charge < -0.3 is 20.9 Å². The number of rotatable bonds is 5. The fraction of sp³-hybridized carbons (Fsp3) is 0.333. The number of esters is 1. The fourth-order valence-electron chi connectivity index (χ4n) is 1.44. The molecule has 0 aliphatic carbocycles. The van der Waals surface area contributed by atoms with Crippen LogP contribution in [0.5, 0.6) is 5.75 Å². The van der Waals surface area contributed by atoms with Crippen molar-refractivity contribution in [3.8, 4) is 5.75 Å². The second-order valence-electron chi connectivity index (χ2n) is 3.63. The van der Waals surface area contributed by atoms with E-state index >= 15 is 0 Å². The maximum Gasteiger partial charge on any atom is 0.341 e. The van der Waals surface area contributed by atoms with Crippen LogP contribution in [0.1, 0.15) is 23.7 Å². The van der Waals surface area contributed by atoms with E-state index in [2.05, 4.69) is 0 Å². The van der Waals surface area contributed by atoms with Crippen LogP contribution in [0, 0.1) is 0 Å². The smallest absolute Gasteiger partial charge is 0.341 e. The minimum absolute atomic E-state index is 0.147. The normalized spacial score (nSPS) is 11.7. The first-order valence-electron chi connectivity index (χ1n) is 5.44. The summed E-state index contributed by atoms with van der Waals surface area (Å²) in [6.07, 6.45) is -0.645. The summed E-state index contributed by atoms with van der Waals surface area (Å²) in [5, 5.41) is 0. The number of ether oxygens (including phenoxy) is 2. The third kappa shape index (κ3) is 2.91. The Morgan fingerprint density at radius 1 is 1.39 bits per heavy atom.